The molecular formula is C12H10HgO2. The summed E-state index contributed by atoms with van der Waals surface area (Å²) in [7, 11) is 0. The summed E-state index contributed by atoms with van der Waals surface area (Å²) in [6.45, 7) is 1.98. The molecule has 0 atom stereocenters. The summed E-state index contributed by atoms with van der Waals surface area (Å²) in [4.78, 5) is 10.9. The van der Waals surface area contributed by atoms with Gasteiger partial charge in [-0.1, -0.05) is 30.3 Å². The molecule has 0 radical (unpaired) electrons. The van der Waals surface area contributed by atoms with Gasteiger partial charge in [0.25, 0.3) is 0 Å². The summed E-state index contributed by atoms with van der Waals surface area (Å²) < 4.78 is 0. The van der Waals surface area contributed by atoms with Gasteiger partial charge < -0.3 is 5.11 Å². The molecule has 1 N–H and O–H groups in total. The molecule has 15 heavy (non-hydrogen) atoms. The first-order chi connectivity index (χ1) is 6.70. The van der Waals surface area contributed by atoms with Crippen molar-refractivity contribution in [2.45, 2.75) is 6.92 Å². The molecule has 0 spiro atoms. The molecule has 0 unspecified atom stereocenters. The fourth-order valence-electron chi connectivity index (χ4n) is 1.65. The monoisotopic (exact) mass is 388 g/mol. The van der Waals surface area contributed by atoms with E-state index >= 15 is 0 Å². The Morgan fingerprint density at radius 2 is 1.67 bits per heavy atom. The molecular weight excluding hydrogens is 377 g/mol. The van der Waals surface area contributed by atoms with Gasteiger partial charge in [0.2, 0.25) is 0 Å². The Morgan fingerprint density at radius 3 is 2.33 bits per heavy atom. The maximum Gasteiger partial charge on any atom is 0.336 e. The predicted molar refractivity (Wildman–Crippen MR) is 55.6 cm³/mol. The molecule has 0 heterocycles. The molecule has 0 fully saturated rings. The van der Waals surface area contributed by atoms with Crippen LogP contribution in [0.1, 0.15) is 15.9 Å². The Hall–Kier alpha value is -0.895. The minimum atomic E-state index is -0.874. The number of carbonyl (C=O) groups is 1. The molecule has 2 aromatic rings. The molecule has 2 nitrogen and oxygen atoms in total. The van der Waals surface area contributed by atoms with Gasteiger partial charge in [0.05, 0.1) is 5.56 Å². The maximum absolute atomic E-state index is 10.9. The Morgan fingerprint density at radius 1 is 1.07 bits per heavy atom. The van der Waals surface area contributed by atoms with Gasteiger partial charge >= 0.3 is 5.97 Å². The minimum Gasteiger partial charge on any atom is -0.478 e. The van der Waals surface area contributed by atoms with Crippen LogP contribution in [-0.2, 0) is 27.7 Å². The van der Waals surface area contributed by atoms with Crippen LogP contribution in [0.25, 0.3) is 10.8 Å². The van der Waals surface area contributed by atoms with Gasteiger partial charge in [-0.05, 0) is 29.3 Å². The van der Waals surface area contributed by atoms with E-state index in [0.29, 0.717) is 5.56 Å². The van der Waals surface area contributed by atoms with Crippen molar-refractivity contribution in [1.29, 1.82) is 0 Å². The molecule has 0 aliphatic heterocycles. The number of benzene rings is 2. The van der Waals surface area contributed by atoms with Gasteiger partial charge in [-0.3, -0.25) is 0 Å². The minimum absolute atomic E-state index is 0. The number of hydrogen-bond donors (Lipinski definition) is 1. The van der Waals surface area contributed by atoms with E-state index in [2.05, 4.69) is 0 Å². The van der Waals surface area contributed by atoms with Crippen LogP contribution in [0.5, 0.6) is 0 Å². The zero-order valence-electron chi connectivity index (χ0n) is 8.53. The molecule has 0 amide bonds. The Balaban J connectivity index is 0.00000112. The Kier molecular flexibility index (Phi) is 3.86. The molecule has 0 aliphatic rings. The van der Waals surface area contributed by atoms with E-state index in [-0.39, 0.29) is 27.7 Å². The first-order valence-corrected chi connectivity index (χ1v) is 4.42. The largest absolute Gasteiger partial charge is 0.478 e. The van der Waals surface area contributed by atoms with Crippen LogP contribution in [0.15, 0.2) is 36.4 Å². The van der Waals surface area contributed by atoms with Crippen molar-refractivity contribution in [1.82, 2.24) is 0 Å². The van der Waals surface area contributed by atoms with Gasteiger partial charge in [-0.25, -0.2) is 4.79 Å². The second kappa shape index (κ2) is 4.75. The van der Waals surface area contributed by atoms with E-state index in [9.17, 15) is 4.79 Å². The molecule has 2 rings (SSSR count). The summed E-state index contributed by atoms with van der Waals surface area (Å²) in [5.74, 6) is -0.874. The van der Waals surface area contributed by atoms with E-state index in [0.717, 1.165) is 16.3 Å². The Labute approximate surface area is 108 Å². The smallest absolute Gasteiger partial charge is 0.336 e. The quantitative estimate of drug-likeness (QED) is 0.765. The van der Waals surface area contributed by atoms with E-state index < -0.39 is 5.97 Å². The third-order valence-corrected chi connectivity index (χ3v) is 2.37. The summed E-state index contributed by atoms with van der Waals surface area (Å²) in [5.41, 5.74) is 1.47. The third-order valence-electron chi connectivity index (χ3n) is 2.37. The number of aryl methyl sites for hydroxylation is 1. The van der Waals surface area contributed by atoms with E-state index in [1.807, 2.05) is 31.2 Å². The fraction of sp³-hybridized carbons (Fsp3) is 0.0833. The van der Waals surface area contributed by atoms with Crippen molar-refractivity contribution in [2.75, 3.05) is 0 Å². The number of rotatable bonds is 1. The van der Waals surface area contributed by atoms with Gasteiger partial charge in [-0.2, -0.15) is 0 Å². The van der Waals surface area contributed by atoms with E-state index in [1.165, 1.54) is 0 Å². The standard InChI is InChI=1S/C12H10O2.Hg/c1-8-4-2-6-10-9(8)5-3-7-11(10)12(13)14;/h2-7H,1H3,(H,13,14);. The van der Waals surface area contributed by atoms with Crippen molar-refractivity contribution in [3.05, 3.63) is 47.5 Å². The number of carboxylic acid groups (broad SMARTS) is 1. The zero-order valence-corrected chi connectivity index (χ0v) is 14.0. The number of carboxylic acids is 1. The first kappa shape index (κ1) is 12.2. The summed E-state index contributed by atoms with van der Waals surface area (Å²) in [6.07, 6.45) is 0. The van der Waals surface area contributed by atoms with Crippen LogP contribution in [0.2, 0.25) is 0 Å². The van der Waals surface area contributed by atoms with Crippen molar-refractivity contribution in [3.63, 3.8) is 0 Å². The molecule has 0 aliphatic carbocycles. The predicted octanol–water partition coefficient (Wildman–Crippen LogP) is 2.84. The normalized spacial score (nSPS) is 9.67. The summed E-state index contributed by atoms with van der Waals surface area (Å²) in [6, 6.07) is 11.0. The first-order valence-electron chi connectivity index (χ1n) is 4.42. The van der Waals surface area contributed by atoms with Crippen molar-refractivity contribution < 1.29 is 37.6 Å². The van der Waals surface area contributed by atoms with E-state index in [4.69, 9.17) is 5.11 Å². The number of aromatic carboxylic acids is 1. The zero-order chi connectivity index (χ0) is 10.1. The van der Waals surface area contributed by atoms with Crippen molar-refractivity contribution in [3.8, 4) is 0 Å². The molecule has 2 aromatic carbocycles. The van der Waals surface area contributed by atoms with Gasteiger partial charge in [-0.15, -0.1) is 0 Å². The molecule has 0 aromatic heterocycles. The van der Waals surface area contributed by atoms with Crippen molar-refractivity contribution in [2.24, 2.45) is 0 Å². The van der Waals surface area contributed by atoms with Crippen LogP contribution in [0, 0.1) is 6.92 Å². The number of hydrogen-bond acceptors (Lipinski definition) is 1. The molecule has 3 heteroatoms. The second-order valence-corrected chi connectivity index (χ2v) is 3.28. The van der Waals surface area contributed by atoms with Gasteiger partial charge in [0.1, 0.15) is 0 Å². The van der Waals surface area contributed by atoms with Crippen LogP contribution >= 0.6 is 0 Å². The van der Waals surface area contributed by atoms with Crippen molar-refractivity contribution >= 4 is 16.7 Å². The van der Waals surface area contributed by atoms with Crippen LogP contribution < -0.4 is 0 Å². The van der Waals surface area contributed by atoms with Crippen LogP contribution in [-0.4, -0.2) is 11.1 Å². The topological polar surface area (TPSA) is 37.3 Å². The van der Waals surface area contributed by atoms with Gasteiger partial charge in [0, 0.05) is 27.7 Å². The average molecular weight is 387 g/mol. The molecule has 0 saturated heterocycles. The number of fused-ring (bicyclic) bond motifs is 1. The van der Waals surface area contributed by atoms with Crippen LogP contribution in [0.3, 0.4) is 0 Å². The molecule has 0 saturated carbocycles. The summed E-state index contributed by atoms with van der Waals surface area (Å²) >= 11 is 0. The summed E-state index contributed by atoms with van der Waals surface area (Å²) in [5, 5.41) is 10.8. The Bertz CT molecular complexity index is 506. The fourth-order valence-corrected chi connectivity index (χ4v) is 1.65. The second-order valence-electron chi connectivity index (χ2n) is 3.28. The molecule has 0 bridgehead atoms. The third kappa shape index (κ3) is 2.20. The van der Waals surface area contributed by atoms with Gasteiger partial charge in [0.15, 0.2) is 0 Å². The average Bonchev–Trinajstić information content (AvgIpc) is 2.17. The maximum atomic E-state index is 10.9. The van der Waals surface area contributed by atoms with E-state index in [1.54, 1.807) is 12.1 Å². The van der Waals surface area contributed by atoms with Crippen LogP contribution in [0.4, 0.5) is 0 Å². The molecule has 72 valence electrons. The SMILES string of the molecule is Cc1cccc2c(C(=O)O)cccc12.[Hg].